The highest BCUT2D eigenvalue weighted by Gasteiger charge is 2.42. The highest BCUT2D eigenvalue weighted by atomic mass is 32.2. The predicted molar refractivity (Wildman–Crippen MR) is 88.9 cm³/mol. The van der Waals surface area contributed by atoms with Crippen LogP contribution in [0.4, 0.5) is 4.39 Å². The summed E-state index contributed by atoms with van der Waals surface area (Å²) >= 11 is 0. The Morgan fingerprint density at radius 3 is 2.12 bits per heavy atom. The highest BCUT2D eigenvalue weighted by molar-refractivity contribution is 7.92. The smallest absolute Gasteiger partial charge is 0.225 e. The Labute approximate surface area is 146 Å². The molecule has 3 rings (SSSR count). The number of halogens is 1. The van der Waals surface area contributed by atoms with Crippen LogP contribution < -0.4 is 0 Å². The number of piperidine rings is 1. The third-order valence-corrected chi connectivity index (χ3v) is 7.14. The average Bonchev–Trinajstić information content (AvgIpc) is 2.53. The number of benzene rings is 1. The largest absolute Gasteiger partial charge is 0.343 e. The molecule has 0 bridgehead atoms. The molecule has 2 aliphatic rings. The number of amides is 2. The molecule has 2 fully saturated rings. The van der Waals surface area contributed by atoms with Crippen molar-refractivity contribution in [2.24, 2.45) is 5.92 Å². The number of nitrogens with zero attached hydrogens (tertiary/aromatic N) is 2. The lowest BCUT2D eigenvalue weighted by molar-refractivity contribution is -0.142. The lowest BCUT2D eigenvalue weighted by Crippen LogP contribution is -2.59. The summed E-state index contributed by atoms with van der Waals surface area (Å²) in [6, 6.07) is 4.76. The molecule has 1 aromatic carbocycles. The van der Waals surface area contributed by atoms with Gasteiger partial charge in [-0.3, -0.25) is 9.59 Å². The van der Waals surface area contributed by atoms with Gasteiger partial charge < -0.3 is 9.80 Å². The van der Waals surface area contributed by atoms with Crippen LogP contribution in [0.15, 0.2) is 29.2 Å². The van der Waals surface area contributed by atoms with E-state index in [0.717, 1.165) is 12.1 Å². The molecule has 2 amide bonds. The van der Waals surface area contributed by atoms with Gasteiger partial charge in [0.1, 0.15) is 11.1 Å². The van der Waals surface area contributed by atoms with E-state index < -0.39 is 20.9 Å². The quantitative estimate of drug-likeness (QED) is 0.748. The summed E-state index contributed by atoms with van der Waals surface area (Å²) in [7, 11) is -3.55. The lowest BCUT2D eigenvalue weighted by atomic mass is 9.94. The molecule has 25 heavy (non-hydrogen) atoms. The van der Waals surface area contributed by atoms with Crippen LogP contribution >= 0.6 is 0 Å². The summed E-state index contributed by atoms with van der Waals surface area (Å²) in [6.45, 7) is 2.99. The molecule has 6 nitrogen and oxygen atoms in total. The van der Waals surface area contributed by atoms with E-state index in [4.69, 9.17) is 0 Å². The Bertz CT molecular complexity index is 764. The van der Waals surface area contributed by atoms with Gasteiger partial charge >= 0.3 is 0 Å². The molecule has 1 aromatic rings. The van der Waals surface area contributed by atoms with Gasteiger partial charge in [-0.1, -0.05) is 0 Å². The zero-order chi connectivity index (χ0) is 18.2. The second-order valence-electron chi connectivity index (χ2n) is 6.64. The van der Waals surface area contributed by atoms with E-state index in [1.165, 1.54) is 19.1 Å². The zero-order valence-corrected chi connectivity index (χ0v) is 14.8. The number of hydrogen-bond donors (Lipinski definition) is 0. The maximum Gasteiger partial charge on any atom is 0.225 e. The van der Waals surface area contributed by atoms with Gasteiger partial charge in [-0.15, -0.1) is 0 Å². The molecule has 0 aromatic heterocycles. The van der Waals surface area contributed by atoms with E-state index in [9.17, 15) is 22.4 Å². The van der Waals surface area contributed by atoms with Crippen LogP contribution in [0, 0.1) is 11.7 Å². The summed E-state index contributed by atoms with van der Waals surface area (Å²) in [5.74, 6) is -0.652. The van der Waals surface area contributed by atoms with Crippen LogP contribution in [0.2, 0.25) is 0 Å². The Hall–Kier alpha value is -1.96. The lowest BCUT2D eigenvalue weighted by Gasteiger charge is -2.42. The van der Waals surface area contributed by atoms with Crippen LogP contribution in [0.1, 0.15) is 19.8 Å². The summed E-state index contributed by atoms with van der Waals surface area (Å²) < 4.78 is 37.9. The summed E-state index contributed by atoms with van der Waals surface area (Å²) in [5, 5.41) is -0.640. The molecule has 0 unspecified atom stereocenters. The Kier molecular flexibility index (Phi) is 4.81. The summed E-state index contributed by atoms with van der Waals surface area (Å²) in [4.78, 5) is 27.2. The first-order valence-electron chi connectivity index (χ1n) is 8.33. The van der Waals surface area contributed by atoms with E-state index in [1.807, 2.05) is 0 Å². The van der Waals surface area contributed by atoms with Gasteiger partial charge in [-0.25, -0.2) is 12.8 Å². The number of hydrogen-bond acceptors (Lipinski definition) is 4. The normalized spacial score (nSPS) is 19.6. The first-order valence-corrected chi connectivity index (χ1v) is 9.87. The monoisotopic (exact) mass is 368 g/mol. The maximum atomic E-state index is 13.0. The van der Waals surface area contributed by atoms with Crippen molar-refractivity contribution < 1.29 is 22.4 Å². The number of likely N-dealkylation sites (tertiary alicyclic amines) is 2. The van der Waals surface area contributed by atoms with Crippen molar-refractivity contribution in [3.63, 3.8) is 0 Å². The van der Waals surface area contributed by atoms with Crippen molar-refractivity contribution in [2.45, 2.75) is 29.9 Å². The van der Waals surface area contributed by atoms with Gasteiger partial charge in [0, 0.05) is 39.0 Å². The van der Waals surface area contributed by atoms with Gasteiger partial charge in [0.05, 0.1) is 4.90 Å². The first kappa shape index (κ1) is 17.8. The average molecular weight is 368 g/mol. The number of carbonyl (C=O) groups excluding carboxylic acids is 2. The van der Waals surface area contributed by atoms with Crippen LogP contribution in [-0.2, 0) is 19.4 Å². The van der Waals surface area contributed by atoms with Crippen molar-refractivity contribution in [2.75, 3.05) is 26.2 Å². The Morgan fingerprint density at radius 2 is 1.60 bits per heavy atom. The molecule has 2 saturated heterocycles. The van der Waals surface area contributed by atoms with E-state index in [-0.39, 0.29) is 35.7 Å². The second-order valence-corrected chi connectivity index (χ2v) is 8.87. The highest BCUT2D eigenvalue weighted by Crippen LogP contribution is 2.27. The molecule has 2 aliphatic heterocycles. The summed E-state index contributed by atoms with van der Waals surface area (Å²) in [5.41, 5.74) is 0. The van der Waals surface area contributed by atoms with E-state index in [2.05, 4.69) is 0 Å². The van der Waals surface area contributed by atoms with Gasteiger partial charge in [-0.2, -0.15) is 0 Å². The van der Waals surface area contributed by atoms with Crippen molar-refractivity contribution in [1.82, 2.24) is 9.80 Å². The molecular formula is C17H21FN2O4S. The van der Waals surface area contributed by atoms with Crippen molar-refractivity contribution in [3.05, 3.63) is 30.1 Å². The van der Waals surface area contributed by atoms with E-state index in [0.29, 0.717) is 25.9 Å². The number of rotatable bonds is 3. The van der Waals surface area contributed by atoms with E-state index >= 15 is 0 Å². The minimum Gasteiger partial charge on any atom is -0.343 e. The van der Waals surface area contributed by atoms with Crippen molar-refractivity contribution in [1.29, 1.82) is 0 Å². The maximum absolute atomic E-state index is 13.0. The fraction of sp³-hybridized carbons (Fsp3) is 0.529. The van der Waals surface area contributed by atoms with Gasteiger partial charge in [0.2, 0.25) is 11.8 Å². The number of carbonyl (C=O) groups is 2. The molecule has 136 valence electrons. The zero-order valence-electron chi connectivity index (χ0n) is 14.0. The molecule has 0 N–H and O–H groups in total. The number of sulfone groups is 1. The molecule has 8 heteroatoms. The molecule has 2 heterocycles. The first-order chi connectivity index (χ1) is 11.8. The van der Waals surface area contributed by atoms with Crippen LogP contribution in [0.25, 0.3) is 0 Å². The SMILES string of the molecule is CC(=O)N1CCC(C(=O)N2CC(S(=O)(=O)c3ccc(F)cc3)C2)CC1. The molecule has 0 aliphatic carbocycles. The standard InChI is InChI=1S/C17H21FN2O4S/c1-12(21)19-8-6-13(7-9-19)17(22)20-10-16(11-20)25(23,24)15-4-2-14(18)3-5-15/h2-5,13,16H,6-11H2,1H3. The van der Waals surface area contributed by atoms with Gasteiger partial charge in [-0.05, 0) is 37.1 Å². The fourth-order valence-electron chi connectivity index (χ4n) is 3.33. The van der Waals surface area contributed by atoms with E-state index in [1.54, 1.807) is 9.80 Å². The molecule has 0 atom stereocenters. The van der Waals surface area contributed by atoms with Gasteiger partial charge in [0.25, 0.3) is 0 Å². The second kappa shape index (κ2) is 6.74. The molecular weight excluding hydrogens is 347 g/mol. The minimum absolute atomic E-state index is 0.0142. The fourth-order valence-corrected chi connectivity index (χ4v) is 4.98. The summed E-state index contributed by atoms with van der Waals surface area (Å²) in [6.07, 6.45) is 1.23. The molecule has 0 radical (unpaired) electrons. The van der Waals surface area contributed by atoms with Crippen LogP contribution in [0.3, 0.4) is 0 Å². The molecule has 0 saturated carbocycles. The van der Waals surface area contributed by atoms with Gasteiger partial charge in [0.15, 0.2) is 9.84 Å². The van der Waals surface area contributed by atoms with Crippen molar-refractivity contribution >= 4 is 21.7 Å². The minimum atomic E-state index is -3.55. The Morgan fingerprint density at radius 1 is 1.04 bits per heavy atom. The van der Waals surface area contributed by atoms with Crippen molar-refractivity contribution in [3.8, 4) is 0 Å². The van der Waals surface area contributed by atoms with Crippen LogP contribution in [-0.4, -0.2) is 61.5 Å². The molecule has 0 spiro atoms. The third kappa shape index (κ3) is 3.53. The Balaban J connectivity index is 1.56. The predicted octanol–water partition coefficient (Wildman–Crippen LogP) is 1.07. The van der Waals surface area contributed by atoms with Crippen LogP contribution in [0.5, 0.6) is 0 Å². The topological polar surface area (TPSA) is 74.8 Å². The third-order valence-electron chi connectivity index (χ3n) is 5.03.